The molecule has 0 spiro atoms. The predicted molar refractivity (Wildman–Crippen MR) is 115 cm³/mol. The average molecular weight is 411 g/mol. The maximum absolute atomic E-state index is 12.7. The third kappa shape index (κ3) is 5.81. The van der Waals surface area contributed by atoms with Crippen LogP contribution in [0, 0.1) is 0 Å². The molecule has 2 fully saturated rings. The molecule has 2 aliphatic rings. The van der Waals surface area contributed by atoms with Gasteiger partial charge >= 0.3 is 0 Å². The van der Waals surface area contributed by atoms with Gasteiger partial charge in [0.05, 0.1) is 24.9 Å². The number of carbonyl (C=O) groups excluding carboxylic acids is 1. The largest absolute Gasteiger partial charge is 0.490 e. The molecule has 160 valence electrons. The van der Waals surface area contributed by atoms with Crippen LogP contribution in [0.5, 0.6) is 5.75 Å². The number of carbonyl (C=O) groups is 1. The fourth-order valence-corrected chi connectivity index (χ4v) is 3.80. The molecule has 2 heterocycles. The van der Waals surface area contributed by atoms with Gasteiger partial charge in [0.1, 0.15) is 12.4 Å². The molecule has 1 amide bonds. The molecule has 0 aliphatic carbocycles. The van der Waals surface area contributed by atoms with Crippen molar-refractivity contribution in [3.8, 4) is 5.75 Å². The molecule has 0 unspecified atom stereocenters. The highest BCUT2D eigenvalue weighted by Crippen LogP contribution is 2.20. The SMILES string of the molecule is O=C(NCc1ccc(CN2CCOCC2)cc1)c1ccccc1OC[C@@H]1CCCO1. The van der Waals surface area contributed by atoms with Gasteiger partial charge in [-0.1, -0.05) is 36.4 Å². The van der Waals surface area contributed by atoms with Gasteiger partial charge < -0.3 is 19.5 Å². The summed E-state index contributed by atoms with van der Waals surface area (Å²) in [5.74, 6) is 0.474. The van der Waals surface area contributed by atoms with Gasteiger partial charge in [-0.25, -0.2) is 0 Å². The predicted octanol–water partition coefficient (Wildman–Crippen LogP) is 3.01. The fraction of sp³-hybridized carbons (Fsp3) is 0.458. The van der Waals surface area contributed by atoms with Crippen molar-refractivity contribution in [2.45, 2.75) is 32.0 Å². The van der Waals surface area contributed by atoms with Crippen LogP contribution < -0.4 is 10.1 Å². The maximum Gasteiger partial charge on any atom is 0.255 e. The zero-order chi connectivity index (χ0) is 20.6. The summed E-state index contributed by atoms with van der Waals surface area (Å²) < 4.78 is 16.9. The molecule has 0 aromatic heterocycles. The number of hydrogen-bond acceptors (Lipinski definition) is 5. The Bertz CT molecular complexity index is 812. The molecular formula is C24H30N2O4. The van der Waals surface area contributed by atoms with Crippen LogP contribution in [0.2, 0.25) is 0 Å². The average Bonchev–Trinajstić information content (AvgIpc) is 3.32. The minimum atomic E-state index is -0.129. The van der Waals surface area contributed by atoms with Crippen molar-refractivity contribution in [3.63, 3.8) is 0 Å². The van der Waals surface area contributed by atoms with E-state index in [0.717, 1.165) is 57.9 Å². The number of morpholine rings is 1. The van der Waals surface area contributed by atoms with Gasteiger partial charge in [0.25, 0.3) is 5.91 Å². The number of hydrogen-bond donors (Lipinski definition) is 1. The Morgan fingerprint density at radius 2 is 1.80 bits per heavy atom. The molecule has 2 saturated heterocycles. The van der Waals surface area contributed by atoms with Gasteiger partial charge in [0, 0.05) is 32.8 Å². The number of para-hydroxylation sites is 1. The number of nitrogens with one attached hydrogen (secondary N) is 1. The second-order valence-corrected chi connectivity index (χ2v) is 7.83. The van der Waals surface area contributed by atoms with E-state index in [4.69, 9.17) is 14.2 Å². The number of ether oxygens (including phenoxy) is 3. The van der Waals surface area contributed by atoms with Crippen LogP contribution in [-0.4, -0.2) is 56.4 Å². The van der Waals surface area contributed by atoms with Crippen molar-refractivity contribution >= 4 is 5.91 Å². The molecule has 2 aromatic carbocycles. The molecule has 1 atom stereocenters. The van der Waals surface area contributed by atoms with Crippen molar-refractivity contribution in [1.82, 2.24) is 10.2 Å². The maximum atomic E-state index is 12.7. The van der Waals surface area contributed by atoms with Crippen molar-refractivity contribution in [3.05, 3.63) is 65.2 Å². The minimum Gasteiger partial charge on any atom is -0.490 e. The number of amides is 1. The van der Waals surface area contributed by atoms with Crippen LogP contribution in [0.15, 0.2) is 48.5 Å². The monoisotopic (exact) mass is 410 g/mol. The number of rotatable bonds is 8. The normalized spacial score (nSPS) is 19.5. The lowest BCUT2D eigenvalue weighted by Gasteiger charge is -2.26. The first-order chi connectivity index (χ1) is 14.8. The first-order valence-corrected chi connectivity index (χ1v) is 10.8. The summed E-state index contributed by atoms with van der Waals surface area (Å²) in [5.41, 5.74) is 2.91. The van der Waals surface area contributed by atoms with E-state index in [9.17, 15) is 4.79 Å². The van der Waals surface area contributed by atoms with E-state index in [-0.39, 0.29) is 12.0 Å². The second-order valence-electron chi connectivity index (χ2n) is 7.83. The Kier molecular flexibility index (Phi) is 7.34. The summed E-state index contributed by atoms with van der Waals surface area (Å²) in [7, 11) is 0. The molecule has 1 N–H and O–H groups in total. The first-order valence-electron chi connectivity index (χ1n) is 10.8. The van der Waals surface area contributed by atoms with E-state index in [1.165, 1.54) is 5.56 Å². The summed E-state index contributed by atoms with van der Waals surface area (Å²) in [4.78, 5) is 15.1. The van der Waals surface area contributed by atoms with Gasteiger partial charge in [-0.15, -0.1) is 0 Å². The lowest BCUT2D eigenvalue weighted by atomic mass is 10.1. The Morgan fingerprint density at radius 1 is 1.03 bits per heavy atom. The Labute approximate surface area is 178 Å². The fourth-order valence-electron chi connectivity index (χ4n) is 3.80. The zero-order valence-corrected chi connectivity index (χ0v) is 17.3. The number of nitrogens with zero attached hydrogens (tertiary/aromatic N) is 1. The molecule has 0 radical (unpaired) electrons. The zero-order valence-electron chi connectivity index (χ0n) is 17.3. The molecule has 0 bridgehead atoms. The molecule has 30 heavy (non-hydrogen) atoms. The summed E-state index contributed by atoms with van der Waals surface area (Å²) in [6, 6.07) is 15.8. The Hall–Kier alpha value is -2.41. The van der Waals surface area contributed by atoms with Crippen LogP contribution in [0.4, 0.5) is 0 Å². The minimum absolute atomic E-state index is 0.122. The van der Waals surface area contributed by atoms with E-state index in [2.05, 4.69) is 34.5 Å². The van der Waals surface area contributed by atoms with E-state index in [1.807, 2.05) is 18.2 Å². The van der Waals surface area contributed by atoms with Gasteiger partial charge in [-0.05, 0) is 36.1 Å². The summed E-state index contributed by atoms with van der Waals surface area (Å²) >= 11 is 0. The van der Waals surface area contributed by atoms with E-state index in [0.29, 0.717) is 24.5 Å². The molecule has 2 aromatic rings. The van der Waals surface area contributed by atoms with Crippen LogP contribution in [0.3, 0.4) is 0 Å². The summed E-state index contributed by atoms with van der Waals surface area (Å²) in [5, 5.41) is 3.01. The van der Waals surface area contributed by atoms with Crippen LogP contribution >= 0.6 is 0 Å². The van der Waals surface area contributed by atoms with Gasteiger partial charge in [-0.2, -0.15) is 0 Å². The molecule has 6 nitrogen and oxygen atoms in total. The van der Waals surface area contributed by atoms with Gasteiger partial charge in [0.2, 0.25) is 0 Å². The highest BCUT2D eigenvalue weighted by molar-refractivity contribution is 5.96. The molecule has 6 heteroatoms. The van der Waals surface area contributed by atoms with Crippen molar-refractivity contribution in [2.24, 2.45) is 0 Å². The summed E-state index contributed by atoms with van der Waals surface area (Å²) in [6.07, 6.45) is 2.20. The lowest BCUT2D eigenvalue weighted by Crippen LogP contribution is -2.35. The van der Waals surface area contributed by atoms with E-state index < -0.39 is 0 Å². The topological polar surface area (TPSA) is 60.0 Å². The highest BCUT2D eigenvalue weighted by Gasteiger charge is 2.18. The quantitative estimate of drug-likeness (QED) is 0.725. The number of benzene rings is 2. The van der Waals surface area contributed by atoms with Crippen LogP contribution in [0.25, 0.3) is 0 Å². The van der Waals surface area contributed by atoms with Crippen LogP contribution in [0.1, 0.15) is 34.3 Å². The van der Waals surface area contributed by atoms with Gasteiger partial charge in [-0.3, -0.25) is 9.69 Å². The molecule has 2 aliphatic heterocycles. The van der Waals surface area contributed by atoms with Gasteiger partial charge in [0.15, 0.2) is 0 Å². The molecule has 4 rings (SSSR count). The first kappa shape index (κ1) is 20.8. The van der Waals surface area contributed by atoms with E-state index >= 15 is 0 Å². The summed E-state index contributed by atoms with van der Waals surface area (Å²) in [6.45, 7) is 6.27. The van der Waals surface area contributed by atoms with Crippen LogP contribution in [-0.2, 0) is 22.6 Å². The smallest absolute Gasteiger partial charge is 0.255 e. The molecular weight excluding hydrogens is 380 g/mol. The Balaban J connectivity index is 1.28. The highest BCUT2D eigenvalue weighted by atomic mass is 16.5. The van der Waals surface area contributed by atoms with E-state index in [1.54, 1.807) is 6.07 Å². The lowest BCUT2D eigenvalue weighted by molar-refractivity contribution is 0.0342. The third-order valence-corrected chi connectivity index (χ3v) is 5.57. The van der Waals surface area contributed by atoms with Crippen molar-refractivity contribution in [1.29, 1.82) is 0 Å². The van der Waals surface area contributed by atoms with Crippen molar-refractivity contribution < 1.29 is 19.0 Å². The van der Waals surface area contributed by atoms with Crippen molar-refractivity contribution in [2.75, 3.05) is 39.5 Å². The standard InChI is InChI=1S/C24H30N2O4/c27-24(22-5-1-2-6-23(22)30-18-21-4-3-13-29-21)25-16-19-7-9-20(10-8-19)17-26-11-14-28-15-12-26/h1-2,5-10,21H,3-4,11-18H2,(H,25,27)/t21-/m0/s1. The molecule has 0 saturated carbocycles. The Morgan fingerprint density at radius 3 is 2.57 bits per heavy atom. The third-order valence-electron chi connectivity index (χ3n) is 5.57. The second kappa shape index (κ2) is 10.6.